The van der Waals surface area contributed by atoms with Gasteiger partial charge in [-0.3, -0.25) is 4.79 Å². The first kappa shape index (κ1) is 22.1. The molecule has 12 heteroatoms. The van der Waals surface area contributed by atoms with E-state index in [1.165, 1.54) is 18.2 Å². The Balaban J connectivity index is 1.77. The lowest BCUT2D eigenvalue weighted by Gasteiger charge is -2.11. The first-order chi connectivity index (χ1) is 15.1. The van der Waals surface area contributed by atoms with Crippen LogP contribution in [0.3, 0.4) is 0 Å². The number of carbonyl (C=O) groups excluding carboxylic acids is 2. The largest absolute Gasteiger partial charge is 0.492 e. The summed E-state index contributed by atoms with van der Waals surface area (Å²) in [6.07, 6.45) is -1.12. The van der Waals surface area contributed by atoms with Gasteiger partial charge in [0.15, 0.2) is 0 Å². The highest BCUT2D eigenvalue weighted by molar-refractivity contribution is 5.76. The summed E-state index contributed by atoms with van der Waals surface area (Å²) < 4.78 is 1.02. The fourth-order valence-electron chi connectivity index (χ4n) is 2.91. The van der Waals surface area contributed by atoms with Crippen molar-refractivity contribution in [1.29, 1.82) is 0 Å². The molecule has 5 N–H and O–H groups in total. The Bertz CT molecular complexity index is 1060. The standard InChI is InChI=1S/C20H18N2O10/c23-14-1-2-15(24)21(14)31-19(29)9-12-5-11(8-18(27)28)6-13(7-12)10-20(30)32-22-16(25)3-4-17(22)26/h1-7,23-26H,8-10H2,(H,27,28). The average Bonchev–Trinajstić information content (AvgIpc) is 3.17. The second-order valence-corrected chi connectivity index (χ2v) is 6.70. The molecule has 0 amide bonds. The van der Waals surface area contributed by atoms with E-state index in [2.05, 4.69) is 0 Å². The molecule has 0 spiro atoms. The van der Waals surface area contributed by atoms with Gasteiger partial charge in [0.2, 0.25) is 23.5 Å². The van der Waals surface area contributed by atoms with E-state index in [9.17, 15) is 34.8 Å². The van der Waals surface area contributed by atoms with E-state index in [4.69, 9.17) is 14.8 Å². The number of hydrogen-bond donors (Lipinski definition) is 5. The molecule has 168 valence electrons. The minimum absolute atomic E-state index is 0.295. The van der Waals surface area contributed by atoms with Gasteiger partial charge < -0.3 is 35.2 Å². The Kier molecular flexibility index (Phi) is 6.24. The second-order valence-electron chi connectivity index (χ2n) is 6.70. The lowest BCUT2D eigenvalue weighted by Crippen LogP contribution is -2.22. The molecule has 1 aromatic carbocycles. The van der Waals surface area contributed by atoms with E-state index in [0.717, 1.165) is 24.3 Å². The Hall–Kier alpha value is -4.61. The summed E-state index contributed by atoms with van der Waals surface area (Å²) in [4.78, 5) is 45.3. The topological polar surface area (TPSA) is 181 Å². The van der Waals surface area contributed by atoms with E-state index >= 15 is 0 Å². The molecule has 0 saturated carbocycles. The highest BCUT2D eigenvalue weighted by Crippen LogP contribution is 2.21. The van der Waals surface area contributed by atoms with Crippen molar-refractivity contribution in [3.63, 3.8) is 0 Å². The first-order valence-corrected chi connectivity index (χ1v) is 9.07. The van der Waals surface area contributed by atoms with Crippen LogP contribution in [0.2, 0.25) is 0 Å². The molecule has 3 rings (SSSR count). The van der Waals surface area contributed by atoms with Crippen molar-refractivity contribution < 1.29 is 49.6 Å². The number of hydrogen-bond acceptors (Lipinski definition) is 9. The molecule has 0 aliphatic rings. The zero-order valence-electron chi connectivity index (χ0n) is 16.3. The number of aromatic hydroxyl groups is 4. The van der Waals surface area contributed by atoms with Gasteiger partial charge in [-0.2, -0.15) is 0 Å². The zero-order chi connectivity index (χ0) is 23.4. The average molecular weight is 446 g/mol. The Labute approximate surface area is 179 Å². The van der Waals surface area contributed by atoms with Gasteiger partial charge in [-0.1, -0.05) is 18.2 Å². The van der Waals surface area contributed by atoms with Gasteiger partial charge >= 0.3 is 17.9 Å². The predicted octanol–water partition coefficient (Wildman–Crippen LogP) is 0.135. The van der Waals surface area contributed by atoms with Crippen molar-refractivity contribution in [2.24, 2.45) is 0 Å². The summed E-state index contributed by atoms with van der Waals surface area (Å²) in [7, 11) is 0. The molecule has 0 atom stereocenters. The number of benzene rings is 1. The summed E-state index contributed by atoms with van der Waals surface area (Å²) in [5.41, 5.74) is 0.896. The number of nitrogens with zero attached hydrogens (tertiary/aromatic N) is 2. The number of aromatic nitrogens is 2. The Morgan fingerprint density at radius 1 is 0.625 bits per heavy atom. The van der Waals surface area contributed by atoms with Crippen LogP contribution < -0.4 is 9.68 Å². The molecule has 0 bridgehead atoms. The molecule has 0 unspecified atom stereocenters. The van der Waals surface area contributed by atoms with Crippen LogP contribution in [0.15, 0.2) is 42.5 Å². The van der Waals surface area contributed by atoms with E-state index in [-0.39, 0.29) is 19.3 Å². The van der Waals surface area contributed by atoms with Gasteiger partial charge in [0, 0.05) is 24.3 Å². The Morgan fingerprint density at radius 3 is 1.25 bits per heavy atom. The second kappa shape index (κ2) is 9.04. The van der Waals surface area contributed by atoms with E-state index in [0.29, 0.717) is 26.2 Å². The molecule has 0 aliphatic carbocycles. The summed E-state index contributed by atoms with van der Waals surface area (Å²) in [6.45, 7) is 0. The fourth-order valence-corrected chi connectivity index (χ4v) is 2.91. The molecule has 12 nitrogen and oxygen atoms in total. The number of aliphatic carboxylic acids is 1. The maximum absolute atomic E-state index is 12.2. The van der Waals surface area contributed by atoms with Crippen LogP contribution in [0.25, 0.3) is 0 Å². The summed E-state index contributed by atoms with van der Waals surface area (Å²) in [5, 5.41) is 47.3. The van der Waals surface area contributed by atoms with Gasteiger partial charge in [0.1, 0.15) is 0 Å². The smallest absolute Gasteiger partial charge is 0.337 e. The van der Waals surface area contributed by atoms with Gasteiger partial charge in [-0.05, 0) is 16.7 Å². The third-order valence-corrected chi connectivity index (χ3v) is 4.15. The minimum Gasteiger partial charge on any atom is -0.492 e. The molecular formula is C20H18N2O10. The van der Waals surface area contributed by atoms with E-state index < -0.39 is 41.4 Å². The zero-order valence-corrected chi connectivity index (χ0v) is 16.3. The highest BCUT2D eigenvalue weighted by atomic mass is 16.7. The SMILES string of the molecule is O=C(O)Cc1cc(CC(=O)On2c(O)ccc2O)cc(CC(=O)On2c(O)ccc2O)c1. The van der Waals surface area contributed by atoms with Crippen LogP contribution in [0.5, 0.6) is 23.5 Å². The lowest BCUT2D eigenvalue weighted by atomic mass is 10.00. The molecule has 0 fully saturated rings. The van der Waals surface area contributed by atoms with Crippen molar-refractivity contribution >= 4 is 17.9 Å². The monoisotopic (exact) mass is 446 g/mol. The van der Waals surface area contributed by atoms with Crippen LogP contribution in [-0.4, -0.2) is 52.9 Å². The highest BCUT2D eigenvalue weighted by Gasteiger charge is 2.17. The van der Waals surface area contributed by atoms with Gasteiger partial charge in [-0.15, -0.1) is 9.46 Å². The van der Waals surface area contributed by atoms with Crippen molar-refractivity contribution in [2.75, 3.05) is 0 Å². The number of carbonyl (C=O) groups is 3. The number of carboxylic acids is 1. The Morgan fingerprint density at radius 2 is 0.938 bits per heavy atom. The maximum Gasteiger partial charge on any atom is 0.337 e. The van der Waals surface area contributed by atoms with E-state index in [1.54, 1.807) is 0 Å². The van der Waals surface area contributed by atoms with Crippen molar-refractivity contribution in [3.8, 4) is 23.5 Å². The van der Waals surface area contributed by atoms with Crippen LogP contribution in [0, 0.1) is 0 Å². The number of carboxylic acid groups (broad SMARTS) is 1. The summed E-state index contributed by atoms with van der Waals surface area (Å²) in [6, 6.07) is 8.76. The molecule has 0 radical (unpaired) electrons. The third-order valence-electron chi connectivity index (χ3n) is 4.15. The molecule has 2 heterocycles. The minimum atomic E-state index is -1.14. The van der Waals surface area contributed by atoms with Gasteiger partial charge in [-0.25, -0.2) is 9.59 Å². The van der Waals surface area contributed by atoms with Crippen LogP contribution >= 0.6 is 0 Å². The maximum atomic E-state index is 12.2. The summed E-state index contributed by atoms with van der Waals surface area (Å²) >= 11 is 0. The molecular weight excluding hydrogens is 428 g/mol. The molecule has 2 aromatic heterocycles. The molecule has 32 heavy (non-hydrogen) atoms. The number of rotatable bonds is 8. The van der Waals surface area contributed by atoms with E-state index in [1.807, 2.05) is 0 Å². The van der Waals surface area contributed by atoms with Crippen LogP contribution in [0.4, 0.5) is 0 Å². The van der Waals surface area contributed by atoms with Crippen LogP contribution in [0.1, 0.15) is 16.7 Å². The fraction of sp³-hybridized carbons (Fsp3) is 0.150. The summed E-state index contributed by atoms with van der Waals surface area (Å²) in [5.74, 6) is -4.91. The van der Waals surface area contributed by atoms with Crippen molar-refractivity contribution in [1.82, 2.24) is 9.46 Å². The van der Waals surface area contributed by atoms with Crippen molar-refractivity contribution in [2.45, 2.75) is 19.3 Å². The first-order valence-electron chi connectivity index (χ1n) is 9.07. The molecule has 0 saturated heterocycles. The molecule has 0 aliphatic heterocycles. The third kappa shape index (κ3) is 5.30. The van der Waals surface area contributed by atoms with Crippen molar-refractivity contribution in [3.05, 3.63) is 59.2 Å². The van der Waals surface area contributed by atoms with Crippen LogP contribution in [-0.2, 0) is 33.6 Å². The lowest BCUT2D eigenvalue weighted by molar-refractivity contribution is -0.145. The quantitative estimate of drug-likeness (QED) is 0.319. The normalized spacial score (nSPS) is 10.6. The van der Waals surface area contributed by atoms with Gasteiger partial charge in [0.05, 0.1) is 19.3 Å². The molecule has 3 aromatic rings. The van der Waals surface area contributed by atoms with Gasteiger partial charge in [0.25, 0.3) is 0 Å². The predicted molar refractivity (Wildman–Crippen MR) is 104 cm³/mol.